The molecule has 184 valence electrons. The number of aryl methyl sites for hydroxylation is 1. The molecule has 0 N–H and O–H groups in total. The van der Waals surface area contributed by atoms with Gasteiger partial charge in [0.15, 0.2) is 0 Å². The van der Waals surface area contributed by atoms with Gasteiger partial charge in [-0.15, -0.1) is 0 Å². The molecule has 3 aliphatic rings. The highest BCUT2D eigenvalue weighted by atomic mass is 16.6. The number of likely N-dealkylation sites (tertiary alicyclic amines) is 1. The fourth-order valence-corrected chi connectivity index (χ4v) is 6.01. The van der Waals surface area contributed by atoms with Crippen LogP contribution in [0.5, 0.6) is 0 Å². The molecule has 2 heterocycles. The van der Waals surface area contributed by atoms with Crippen molar-refractivity contribution in [2.45, 2.75) is 90.1 Å². The number of piperidine rings is 1. The normalized spacial score (nSPS) is 28.6. The molecule has 0 radical (unpaired) electrons. The second-order valence-electron chi connectivity index (χ2n) is 11.6. The number of piperazine rings is 1. The Morgan fingerprint density at radius 2 is 1.79 bits per heavy atom. The van der Waals surface area contributed by atoms with Gasteiger partial charge in [0, 0.05) is 57.5 Å². The van der Waals surface area contributed by atoms with E-state index >= 15 is 0 Å². The summed E-state index contributed by atoms with van der Waals surface area (Å²) in [5.41, 5.74) is 3.82. The summed E-state index contributed by atoms with van der Waals surface area (Å²) in [4.78, 5) is 19.8. The molecule has 0 spiro atoms. The first-order valence-corrected chi connectivity index (χ1v) is 12.6. The van der Waals surface area contributed by atoms with Crippen molar-refractivity contribution in [2.24, 2.45) is 0 Å². The highest BCUT2D eigenvalue weighted by Crippen LogP contribution is 2.45. The molecular weight excluding hydrogens is 414 g/mol. The number of benzene rings is 1. The summed E-state index contributed by atoms with van der Waals surface area (Å²) in [6.45, 7) is 17.5. The van der Waals surface area contributed by atoms with Gasteiger partial charge in [0.25, 0.3) is 0 Å². The van der Waals surface area contributed by atoms with Crippen molar-refractivity contribution < 1.29 is 14.3 Å². The van der Waals surface area contributed by atoms with Gasteiger partial charge in [-0.3, -0.25) is 9.80 Å². The number of rotatable bonds is 3. The molecule has 1 amide bonds. The summed E-state index contributed by atoms with van der Waals surface area (Å²) in [7, 11) is 1.84. The molecule has 1 aromatic rings. The van der Waals surface area contributed by atoms with Gasteiger partial charge in [0.1, 0.15) is 5.60 Å². The number of amides is 1. The fourth-order valence-electron chi connectivity index (χ4n) is 6.01. The molecule has 1 aliphatic carbocycles. The maximum absolute atomic E-state index is 12.5. The van der Waals surface area contributed by atoms with Crippen molar-refractivity contribution in [1.82, 2.24) is 14.7 Å². The van der Waals surface area contributed by atoms with Gasteiger partial charge in [-0.25, -0.2) is 4.79 Å². The SMILES string of the molecule is CO[C@H]1C[C@H](N2CCN(C3(C)CCN(C(=O)OC(C)(C)C)CC3)C[C@@H]2C)c2ccc(C)cc21. The monoisotopic (exact) mass is 457 g/mol. The van der Waals surface area contributed by atoms with Crippen LogP contribution in [0.4, 0.5) is 4.79 Å². The highest BCUT2D eigenvalue weighted by Gasteiger charge is 2.43. The molecule has 0 saturated carbocycles. The summed E-state index contributed by atoms with van der Waals surface area (Å²) in [6.07, 6.45) is 3.06. The molecular formula is C27H43N3O3. The van der Waals surface area contributed by atoms with Crippen molar-refractivity contribution in [3.05, 3.63) is 34.9 Å². The Kier molecular flexibility index (Phi) is 6.83. The summed E-state index contributed by atoms with van der Waals surface area (Å²) in [5.74, 6) is 0. The minimum atomic E-state index is -0.441. The Bertz CT molecular complexity index is 857. The maximum Gasteiger partial charge on any atom is 0.410 e. The van der Waals surface area contributed by atoms with Gasteiger partial charge in [-0.05, 0) is 71.9 Å². The third-order valence-electron chi connectivity index (χ3n) is 8.00. The second kappa shape index (κ2) is 9.20. The van der Waals surface area contributed by atoms with E-state index in [2.05, 4.69) is 48.8 Å². The number of carbonyl (C=O) groups is 1. The van der Waals surface area contributed by atoms with Gasteiger partial charge in [-0.1, -0.05) is 23.8 Å². The lowest BCUT2D eigenvalue weighted by molar-refractivity contribution is -0.0411. The van der Waals surface area contributed by atoms with Gasteiger partial charge in [0.05, 0.1) is 6.10 Å². The van der Waals surface area contributed by atoms with E-state index in [9.17, 15) is 4.79 Å². The molecule has 0 aromatic heterocycles. The lowest BCUT2D eigenvalue weighted by atomic mass is 9.86. The minimum absolute atomic E-state index is 0.138. The van der Waals surface area contributed by atoms with E-state index in [-0.39, 0.29) is 17.7 Å². The van der Waals surface area contributed by atoms with Crippen LogP contribution >= 0.6 is 0 Å². The Labute approximate surface area is 200 Å². The molecule has 4 rings (SSSR count). The molecule has 2 fully saturated rings. The molecule has 6 nitrogen and oxygen atoms in total. The molecule has 0 unspecified atom stereocenters. The second-order valence-corrected chi connectivity index (χ2v) is 11.6. The van der Waals surface area contributed by atoms with Crippen molar-refractivity contribution in [2.75, 3.05) is 39.8 Å². The van der Waals surface area contributed by atoms with E-state index < -0.39 is 5.60 Å². The first-order chi connectivity index (χ1) is 15.5. The molecule has 2 saturated heterocycles. The van der Waals surface area contributed by atoms with Crippen LogP contribution in [-0.2, 0) is 9.47 Å². The van der Waals surface area contributed by atoms with E-state index in [0.717, 1.165) is 52.0 Å². The van der Waals surface area contributed by atoms with Crippen LogP contribution in [0.2, 0.25) is 0 Å². The van der Waals surface area contributed by atoms with E-state index in [0.29, 0.717) is 12.1 Å². The van der Waals surface area contributed by atoms with E-state index in [4.69, 9.17) is 9.47 Å². The average Bonchev–Trinajstić information content (AvgIpc) is 3.10. The van der Waals surface area contributed by atoms with Crippen LogP contribution in [-0.4, -0.2) is 77.8 Å². The first-order valence-electron chi connectivity index (χ1n) is 12.6. The molecule has 1 aromatic carbocycles. The van der Waals surface area contributed by atoms with Crippen LogP contribution in [0, 0.1) is 6.92 Å². The van der Waals surface area contributed by atoms with Crippen molar-refractivity contribution >= 4 is 6.09 Å². The van der Waals surface area contributed by atoms with Crippen LogP contribution in [0.25, 0.3) is 0 Å². The zero-order valence-electron chi connectivity index (χ0n) is 21.7. The van der Waals surface area contributed by atoms with Crippen LogP contribution in [0.1, 0.15) is 82.7 Å². The topological polar surface area (TPSA) is 45.2 Å². The predicted molar refractivity (Wildman–Crippen MR) is 131 cm³/mol. The predicted octanol–water partition coefficient (Wildman–Crippen LogP) is 4.92. The molecule has 0 bridgehead atoms. The van der Waals surface area contributed by atoms with Crippen LogP contribution in [0.3, 0.4) is 0 Å². The number of hydrogen-bond donors (Lipinski definition) is 0. The van der Waals surface area contributed by atoms with Crippen LogP contribution in [0.15, 0.2) is 18.2 Å². The quantitative estimate of drug-likeness (QED) is 0.644. The number of methoxy groups -OCH3 is 1. The first kappa shape index (κ1) is 24.5. The number of carbonyl (C=O) groups excluding carboxylic acids is 1. The highest BCUT2D eigenvalue weighted by molar-refractivity contribution is 5.68. The number of fused-ring (bicyclic) bond motifs is 1. The maximum atomic E-state index is 12.5. The van der Waals surface area contributed by atoms with Crippen molar-refractivity contribution in [3.63, 3.8) is 0 Å². The van der Waals surface area contributed by atoms with E-state index in [1.165, 1.54) is 16.7 Å². The summed E-state index contributed by atoms with van der Waals surface area (Å²) < 4.78 is 11.5. The lowest BCUT2D eigenvalue weighted by Crippen LogP contribution is -2.62. The number of ether oxygens (including phenoxy) is 2. The summed E-state index contributed by atoms with van der Waals surface area (Å²) in [6, 6.07) is 7.79. The summed E-state index contributed by atoms with van der Waals surface area (Å²) >= 11 is 0. The molecule has 33 heavy (non-hydrogen) atoms. The third-order valence-corrected chi connectivity index (χ3v) is 8.00. The Morgan fingerprint density at radius 3 is 2.39 bits per heavy atom. The van der Waals surface area contributed by atoms with Gasteiger partial charge in [0.2, 0.25) is 0 Å². The van der Waals surface area contributed by atoms with Gasteiger partial charge >= 0.3 is 6.09 Å². The standard InChI is InChI=1S/C27H43N3O3/c1-19-8-9-21-22(16-19)24(32-7)17-23(21)30-15-14-29(18-20(30)2)27(6)10-12-28(13-11-27)25(31)33-26(3,4)5/h8-9,16,20,23-24H,10-15,17-18H2,1-7H3/t20-,23-,24-/m0/s1. The van der Waals surface area contributed by atoms with Crippen molar-refractivity contribution in [1.29, 1.82) is 0 Å². The zero-order chi connectivity index (χ0) is 24.0. The third kappa shape index (κ3) is 5.08. The summed E-state index contributed by atoms with van der Waals surface area (Å²) in [5, 5.41) is 0. The molecule has 2 aliphatic heterocycles. The average molecular weight is 458 g/mol. The zero-order valence-corrected chi connectivity index (χ0v) is 21.7. The smallest absolute Gasteiger partial charge is 0.410 e. The largest absolute Gasteiger partial charge is 0.444 e. The number of hydrogen-bond acceptors (Lipinski definition) is 5. The number of nitrogens with zero attached hydrogens (tertiary/aromatic N) is 3. The Hall–Kier alpha value is -1.63. The lowest BCUT2D eigenvalue weighted by Gasteiger charge is -2.52. The van der Waals surface area contributed by atoms with Gasteiger partial charge < -0.3 is 14.4 Å². The Morgan fingerprint density at radius 1 is 1.09 bits per heavy atom. The van der Waals surface area contributed by atoms with Crippen LogP contribution < -0.4 is 0 Å². The van der Waals surface area contributed by atoms with E-state index in [1.54, 1.807) is 0 Å². The molecule has 3 atom stereocenters. The Balaban J connectivity index is 1.38. The fraction of sp³-hybridized carbons (Fsp3) is 0.741. The van der Waals surface area contributed by atoms with E-state index in [1.807, 2.05) is 32.8 Å². The molecule has 6 heteroatoms. The van der Waals surface area contributed by atoms with Gasteiger partial charge in [-0.2, -0.15) is 0 Å². The minimum Gasteiger partial charge on any atom is -0.444 e. The van der Waals surface area contributed by atoms with Crippen molar-refractivity contribution in [3.8, 4) is 0 Å².